The van der Waals surface area contributed by atoms with Crippen LogP contribution in [0.15, 0.2) is 18.2 Å². The number of nitrogens with one attached hydrogen (secondary N) is 3. The summed E-state index contributed by atoms with van der Waals surface area (Å²) < 4.78 is 0. The number of primary amides is 1. The Morgan fingerprint density at radius 3 is 2.58 bits per heavy atom. The number of carbonyl (C=O) groups is 2. The first-order valence-electron chi connectivity index (χ1n) is 5.99. The standard InChI is InChI=1S/C12H19N5O2/c1-2-15-11(18)8-3-4-9(13)10(7-8)16-5-6-17-12(14)19/h3-4,7,16H,2,5-6,13H2,1H3,(H,15,18)(H3,14,17,19). The number of nitrogen functional groups attached to an aromatic ring is 1. The Kier molecular flexibility index (Phi) is 5.46. The van der Waals surface area contributed by atoms with E-state index in [0.29, 0.717) is 36.6 Å². The maximum atomic E-state index is 11.7. The fourth-order valence-electron chi connectivity index (χ4n) is 1.50. The van der Waals surface area contributed by atoms with E-state index in [4.69, 9.17) is 11.5 Å². The molecule has 19 heavy (non-hydrogen) atoms. The second kappa shape index (κ2) is 7.10. The van der Waals surface area contributed by atoms with Crippen molar-refractivity contribution in [1.82, 2.24) is 10.6 Å². The highest BCUT2D eigenvalue weighted by Gasteiger charge is 2.07. The third-order valence-electron chi connectivity index (χ3n) is 2.39. The normalized spacial score (nSPS) is 9.74. The minimum atomic E-state index is -0.578. The molecule has 7 nitrogen and oxygen atoms in total. The molecule has 0 fully saturated rings. The van der Waals surface area contributed by atoms with E-state index < -0.39 is 6.03 Å². The molecule has 0 saturated carbocycles. The minimum absolute atomic E-state index is 0.152. The SMILES string of the molecule is CCNC(=O)c1ccc(N)c(NCCNC(N)=O)c1. The van der Waals surface area contributed by atoms with Crippen LogP contribution in [0.2, 0.25) is 0 Å². The number of nitrogens with two attached hydrogens (primary N) is 2. The number of rotatable bonds is 6. The number of hydrogen-bond acceptors (Lipinski definition) is 4. The fourth-order valence-corrected chi connectivity index (χ4v) is 1.50. The summed E-state index contributed by atoms with van der Waals surface area (Å²) in [5.74, 6) is -0.152. The van der Waals surface area contributed by atoms with Gasteiger partial charge >= 0.3 is 6.03 Å². The summed E-state index contributed by atoms with van der Waals surface area (Å²) >= 11 is 0. The Balaban J connectivity index is 2.64. The summed E-state index contributed by atoms with van der Waals surface area (Å²) in [4.78, 5) is 22.2. The van der Waals surface area contributed by atoms with Crippen LogP contribution in [0.3, 0.4) is 0 Å². The second-order valence-corrected chi connectivity index (χ2v) is 3.88. The summed E-state index contributed by atoms with van der Waals surface area (Å²) in [5, 5.41) is 8.19. The van der Waals surface area contributed by atoms with E-state index in [1.54, 1.807) is 18.2 Å². The Hall–Kier alpha value is -2.44. The van der Waals surface area contributed by atoms with Crippen LogP contribution in [0.25, 0.3) is 0 Å². The zero-order valence-corrected chi connectivity index (χ0v) is 10.8. The highest BCUT2D eigenvalue weighted by molar-refractivity contribution is 5.96. The number of carbonyl (C=O) groups excluding carboxylic acids is 2. The predicted molar refractivity (Wildman–Crippen MR) is 74.9 cm³/mol. The van der Waals surface area contributed by atoms with Gasteiger partial charge in [0.25, 0.3) is 5.91 Å². The van der Waals surface area contributed by atoms with Gasteiger partial charge in [0, 0.05) is 25.2 Å². The van der Waals surface area contributed by atoms with Crippen LogP contribution in [0.1, 0.15) is 17.3 Å². The highest BCUT2D eigenvalue weighted by atomic mass is 16.2. The lowest BCUT2D eigenvalue weighted by atomic mass is 10.1. The van der Waals surface area contributed by atoms with E-state index in [1.165, 1.54) is 0 Å². The first kappa shape index (κ1) is 14.6. The van der Waals surface area contributed by atoms with E-state index in [2.05, 4.69) is 16.0 Å². The van der Waals surface area contributed by atoms with Crippen molar-refractivity contribution in [3.05, 3.63) is 23.8 Å². The minimum Gasteiger partial charge on any atom is -0.397 e. The quantitative estimate of drug-likeness (QED) is 0.370. The van der Waals surface area contributed by atoms with Crippen LogP contribution in [0, 0.1) is 0 Å². The molecule has 0 unspecified atom stereocenters. The lowest BCUT2D eigenvalue weighted by Crippen LogP contribution is -2.33. The molecule has 0 heterocycles. The molecule has 104 valence electrons. The molecule has 0 saturated heterocycles. The molecular weight excluding hydrogens is 246 g/mol. The molecule has 1 aromatic carbocycles. The van der Waals surface area contributed by atoms with Gasteiger partial charge in [-0.3, -0.25) is 4.79 Å². The Morgan fingerprint density at radius 2 is 1.95 bits per heavy atom. The molecule has 0 aromatic heterocycles. The predicted octanol–water partition coefficient (Wildman–Crippen LogP) is 0.0987. The molecule has 1 rings (SSSR count). The highest BCUT2D eigenvalue weighted by Crippen LogP contribution is 2.19. The Labute approximate surface area is 111 Å². The van der Waals surface area contributed by atoms with Crippen LogP contribution in [0.4, 0.5) is 16.2 Å². The smallest absolute Gasteiger partial charge is 0.312 e. The largest absolute Gasteiger partial charge is 0.397 e. The van der Waals surface area contributed by atoms with Crippen molar-refractivity contribution in [2.24, 2.45) is 5.73 Å². The Morgan fingerprint density at radius 1 is 1.21 bits per heavy atom. The molecule has 0 bridgehead atoms. The molecule has 0 atom stereocenters. The van der Waals surface area contributed by atoms with Crippen molar-refractivity contribution in [2.75, 3.05) is 30.7 Å². The van der Waals surface area contributed by atoms with E-state index in [-0.39, 0.29) is 5.91 Å². The molecule has 1 aromatic rings. The van der Waals surface area contributed by atoms with Gasteiger partial charge < -0.3 is 27.4 Å². The van der Waals surface area contributed by atoms with Crippen molar-refractivity contribution in [3.63, 3.8) is 0 Å². The molecule has 7 N–H and O–H groups in total. The Bertz CT molecular complexity index is 461. The molecule has 0 radical (unpaired) electrons. The van der Waals surface area contributed by atoms with Gasteiger partial charge in [-0.1, -0.05) is 0 Å². The average molecular weight is 265 g/mol. The first-order chi connectivity index (χ1) is 9.04. The first-order valence-corrected chi connectivity index (χ1v) is 5.99. The lowest BCUT2D eigenvalue weighted by molar-refractivity contribution is 0.0956. The number of hydrogen-bond donors (Lipinski definition) is 5. The summed E-state index contributed by atoms with van der Waals surface area (Å²) in [6.45, 7) is 3.25. The molecule has 7 heteroatoms. The van der Waals surface area contributed by atoms with Crippen LogP contribution in [0.5, 0.6) is 0 Å². The van der Waals surface area contributed by atoms with Gasteiger partial charge in [0.15, 0.2) is 0 Å². The topological polar surface area (TPSA) is 122 Å². The third-order valence-corrected chi connectivity index (χ3v) is 2.39. The fraction of sp³-hybridized carbons (Fsp3) is 0.333. The van der Waals surface area contributed by atoms with Crippen LogP contribution < -0.4 is 27.4 Å². The van der Waals surface area contributed by atoms with Crippen LogP contribution in [-0.2, 0) is 0 Å². The van der Waals surface area contributed by atoms with Gasteiger partial charge in [-0.2, -0.15) is 0 Å². The lowest BCUT2D eigenvalue weighted by Gasteiger charge is -2.11. The van der Waals surface area contributed by atoms with Gasteiger partial charge in [-0.05, 0) is 25.1 Å². The van der Waals surface area contributed by atoms with Gasteiger partial charge in [-0.15, -0.1) is 0 Å². The molecule has 0 aliphatic carbocycles. The molecule has 0 spiro atoms. The molecule has 3 amide bonds. The number of benzene rings is 1. The molecule has 0 aliphatic heterocycles. The number of anilines is 2. The van der Waals surface area contributed by atoms with Crippen molar-refractivity contribution in [2.45, 2.75) is 6.92 Å². The summed E-state index contributed by atoms with van der Waals surface area (Å²) in [6, 6.07) is 4.41. The van der Waals surface area contributed by atoms with Crippen molar-refractivity contribution >= 4 is 23.3 Å². The monoisotopic (exact) mass is 265 g/mol. The maximum Gasteiger partial charge on any atom is 0.312 e. The van der Waals surface area contributed by atoms with Gasteiger partial charge in [-0.25, -0.2) is 4.79 Å². The van der Waals surface area contributed by atoms with E-state index in [1.807, 2.05) is 6.92 Å². The van der Waals surface area contributed by atoms with Crippen molar-refractivity contribution in [1.29, 1.82) is 0 Å². The summed E-state index contributed by atoms with van der Waals surface area (Å²) in [6.07, 6.45) is 0. The zero-order chi connectivity index (χ0) is 14.3. The zero-order valence-electron chi connectivity index (χ0n) is 10.8. The van der Waals surface area contributed by atoms with E-state index >= 15 is 0 Å². The van der Waals surface area contributed by atoms with E-state index in [0.717, 1.165) is 0 Å². The maximum absolute atomic E-state index is 11.7. The third kappa shape index (κ3) is 4.74. The second-order valence-electron chi connectivity index (χ2n) is 3.88. The molecular formula is C12H19N5O2. The number of amides is 3. The van der Waals surface area contributed by atoms with Gasteiger partial charge in [0.1, 0.15) is 0 Å². The van der Waals surface area contributed by atoms with E-state index in [9.17, 15) is 9.59 Å². The van der Waals surface area contributed by atoms with Crippen molar-refractivity contribution in [3.8, 4) is 0 Å². The van der Waals surface area contributed by atoms with Crippen LogP contribution >= 0.6 is 0 Å². The molecule has 0 aliphatic rings. The van der Waals surface area contributed by atoms with Gasteiger partial charge in [0.2, 0.25) is 0 Å². The summed E-state index contributed by atoms with van der Waals surface area (Å²) in [5.41, 5.74) is 12.5. The number of urea groups is 1. The van der Waals surface area contributed by atoms with Gasteiger partial charge in [0.05, 0.1) is 11.4 Å². The van der Waals surface area contributed by atoms with Crippen LogP contribution in [-0.4, -0.2) is 31.6 Å². The van der Waals surface area contributed by atoms with Crippen molar-refractivity contribution < 1.29 is 9.59 Å². The summed E-state index contributed by atoms with van der Waals surface area (Å²) in [7, 11) is 0. The average Bonchev–Trinajstić information content (AvgIpc) is 2.36.